The number of nitro benzene ring substituents is 1. The second-order valence-corrected chi connectivity index (χ2v) is 6.23. The summed E-state index contributed by atoms with van der Waals surface area (Å²) >= 11 is 12.1. The van der Waals surface area contributed by atoms with Gasteiger partial charge in [-0.25, -0.2) is 0 Å². The number of hydrogen-bond acceptors (Lipinski definition) is 3. The lowest BCUT2D eigenvalue weighted by atomic mass is 10.0. The summed E-state index contributed by atoms with van der Waals surface area (Å²) in [4.78, 5) is 10.2. The molecule has 0 amide bonds. The highest BCUT2D eigenvalue weighted by atomic mass is 35.5. The molecule has 0 aliphatic carbocycles. The molecular formula is C14H20Cl2N2O2. The van der Waals surface area contributed by atoms with E-state index >= 15 is 0 Å². The molecule has 112 valence electrons. The van der Waals surface area contributed by atoms with Crippen molar-refractivity contribution in [2.45, 2.75) is 46.1 Å². The van der Waals surface area contributed by atoms with Gasteiger partial charge in [0.05, 0.1) is 20.7 Å². The van der Waals surface area contributed by atoms with Gasteiger partial charge in [-0.05, 0) is 19.3 Å². The number of nitrogens with one attached hydrogen (secondary N) is 1. The Morgan fingerprint density at radius 1 is 1.20 bits per heavy atom. The molecule has 1 aromatic carbocycles. The van der Waals surface area contributed by atoms with Crippen molar-refractivity contribution in [2.75, 3.05) is 5.32 Å². The third-order valence-electron chi connectivity index (χ3n) is 3.05. The Labute approximate surface area is 129 Å². The second kappa shape index (κ2) is 7.70. The molecule has 1 aromatic rings. The van der Waals surface area contributed by atoms with Crippen molar-refractivity contribution in [1.29, 1.82) is 0 Å². The van der Waals surface area contributed by atoms with Crippen LogP contribution in [0.1, 0.15) is 40.0 Å². The number of nitro groups is 1. The third-order valence-corrected chi connectivity index (χ3v) is 3.64. The quantitative estimate of drug-likeness (QED) is 0.531. The first-order chi connectivity index (χ1) is 9.31. The lowest BCUT2D eigenvalue weighted by molar-refractivity contribution is -0.384. The van der Waals surface area contributed by atoms with E-state index < -0.39 is 4.92 Å². The molecule has 0 fully saturated rings. The van der Waals surface area contributed by atoms with Gasteiger partial charge in [-0.3, -0.25) is 10.1 Å². The minimum atomic E-state index is -0.506. The van der Waals surface area contributed by atoms with Gasteiger partial charge < -0.3 is 5.32 Å². The van der Waals surface area contributed by atoms with Crippen LogP contribution >= 0.6 is 23.2 Å². The van der Waals surface area contributed by atoms with Gasteiger partial charge >= 0.3 is 0 Å². The Morgan fingerprint density at radius 3 is 2.20 bits per heavy atom. The maximum Gasteiger partial charge on any atom is 0.272 e. The number of anilines is 1. The number of halogens is 2. The van der Waals surface area contributed by atoms with Crippen LogP contribution < -0.4 is 5.32 Å². The first-order valence-corrected chi connectivity index (χ1v) is 7.46. The SMILES string of the molecule is CC(C)CCCC(C)Nc1c(Cl)cc([N+](=O)[O-])cc1Cl. The van der Waals surface area contributed by atoms with Crippen molar-refractivity contribution in [2.24, 2.45) is 5.92 Å². The molecule has 0 saturated carbocycles. The van der Waals surface area contributed by atoms with E-state index in [0.29, 0.717) is 11.6 Å². The smallest absolute Gasteiger partial charge is 0.272 e. The fraction of sp³-hybridized carbons (Fsp3) is 0.571. The molecule has 1 atom stereocenters. The molecule has 0 saturated heterocycles. The normalized spacial score (nSPS) is 12.5. The predicted octanol–water partition coefficient (Wildman–Crippen LogP) is 5.53. The first kappa shape index (κ1) is 17.1. The lowest BCUT2D eigenvalue weighted by Gasteiger charge is -2.17. The molecule has 0 heterocycles. The largest absolute Gasteiger partial charge is 0.380 e. The van der Waals surface area contributed by atoms with Crippen LogP contribution in [-0.2, 0) is 0 Å². The van der Waals surface area contributed by atoms with Crippen molar-refractivity contribution in [3.63, 3.8) is 0 Å². The molecule has 0 spiro atoms. The van der Waals surface area contributed by atoms with Gasteiger partial charge in [0.25, 0.3) is 5.69 Å². The first-order valence-electron chi connectivity index (χ1n) is 6.71. The highest BCUT2D eigenvalue weighted by Gasteiger charge is 2.16. The van der Waals surface area contributed by atoms with Crippen LogP contribution in [0.2, 0.25) is 10.0 Å². The fourth-order valence-electron chi connectivity index (χ4n) is 1.95. The zero-order chi connectivity index (χ0) is 15.3. The average Bonchev–Trinajstić information content (AvgIpc) is 2.32. The van der Waals surface area contributed by atoms with E-state index in [1.807, 2.05) is 6.92 Å². The van der Waals surface area contributed by atoms with E-state index in [2.05, 4.69) is 19.2 Å². The molecule has 0 aliphatic rings. The fourth-order valence-corrected chi connectivity index (χ4v) is 2.54. The van der Waals surface area contributed by atoms with Crippen molar-refractivity contribution < 1.29 is 4.92 Å². The summed E-state index contributed by atoms with van der Waals surface area (Å²) in [5, 5.41) is 14.5. The van der Waals surface area contributed by atoms with E-state index in [1.165, 1.54) is 18.6 Å². The molecule has 1 N–H and O–H groups in total. The Kier molecular flexibility index (Phi) is 6.56. The van der Waals surface area contributed by atoms with E-state index in [0.717, 1.165) is 12.8 Å². The van der Waals surface area contributed by atoms with Crippen LogP contribution in [-0.4, -0.2) is 11.0 Å². The highest BCUT2D eigenvalue weighted by Crippen LogP contribution is 2.35. The van der Waals surface area contributed by atoms with Crippen molar-refractivity contribution in [1.82, 2.24) is 0 Å². The summed E-state index contributed by atoms with van der Waals surface area (Å²) in [6, 6.07) is 2.85. The maximum atomic E-state index is 10.7. The summed E-state index contributed by atoms with van der Waals surface area (Å²) in [6.45, 7) is 6.44. The molecule has 20 heavy (non-hydrogen) atoms. The standard InChI is InChI=1S/C14H20Cl2N2O2/c1-9(2)5-4-6-10(3)17-14-12(15)7-11(18(19)20)8-13(14)16/h7-10,17H,4-6H2,1-3H3. The number of benzene rings is 1. The maximum absolute atomic E-state index is 10.7. The highest BCUT2D eigenvalue weighted by molar-refractivity contribution is 6.39. The number of nitrogens with zero attached hydrogens (tertiary/aromatic N) is 1. The summed E-state index contributed by atoms with van der Waals surface area (Å²) in [6.07, 6.45) is 3.30. The zero-order valence-corrected chi connectivity index (χ0v) is 13.5. The Morgan fingerprint density at radius 2 is 1.75 bits per heavy atom. The molecule has 6 heteroatoms. The average molecular weight is 319 g/mol. The van der Waals surface area contributed by atoms with Gasteiger partial charge in [-0.15, -0.1) is 0 Å². The summed E-state index contributed by atoms with van der Waals surface area (Å²) in [5.74, 6) is 0.689. The Hall–Kier alpha value is -1.00. The van der Waals surface area contributed by atoms with Crippen LogP contribution in [0, 0.1) is 16.0 Å². The topological polar surface area (TPSA) is 55.2 Å². The predicted molar refractivity (Wildman–Crippen MR) is 84.9 cm³/mol. The summed E-state index contributed by atoms with van der Waals surface area (Å²) in [7, 11) is 0. The van der Waals surface area contributed by atoms with Gasteiger partial charge in [0.2, 0.25) is 0 Å². The molecular weight excluding hydrogens is 299 g/mol. The third kappa shape index (κ3) is 5.17. The van der Waals surface area contributed by atoms with Crippen LogP contribution in [0.15, 0.2) is 12.1 Å². The molecule has 0 aliphatic heterocycles. The number of hydrogen-bond donors (Lipinski definition) is 1. The number of rotatable bonds is 7. The van der Waals surface area contributed by atoms with Crippen LogP contribution in [0.25, 0.3) is 0 Å². The lowest BCUT2D eigenvalue weighted by Crippen LogP contribution is -2.16. The van der Waals surface area contributed by atoms with Crippen molar-refractivity contribution in [3.8, 4) is 0 Å². The Bertz CT molecular complexity index is 455. The molecule has 0 bridgehead atoms. The summed E-state index contributed by atoms with van der Waals surface area (Å²) < 4.78 is 0. The molecule has 0 radical (unpaired) electrons. The van der Waals surface area contributed by atoms with E-state index in [-0.39, 0.29) is 21.8 Å². The van der Waals surface area contributed by atoms with Crippen molar-refractivity contribution in [3.05, 3.63) is 32.3 Å². The van der Waals surface area contributed by atoms with Crippen LogP contribution in [0.3, 0.4) is 0 Å². The van der Waals surface area contributed by atoms with Crippen LogP contribution in [0.4, 0.5) is 11.4 Å². The van der Waals surface area contributed by atoms with Gasteiger partial charge in [0.15, 0.2) is 0 Å². The number of non-ortho nitro benzene ring substituents is 1. The molecule has 4 nitrogen and oxygen atoms in total. The van der Waals surface area contributed by atoms with E-state index in [4.69, 9.17) is 23.2 Å². The monoisotopic (exact) mass is 318 g/mol. The van der Waals surface area contributed by atoms with Gasteiger partial charge in [-0.1, -0.05) is 49.9 Å². The van der Waals surface area contributed by atoms with Crippen molar-refractivity contribution >= 4 is 34.6 Å². The molecule has 0 aromatic heterocycles. The van der Waals surface area contributed by atoms with Gasteiger partial charge in [0.1, 0.15) is 0 Å². The molecule has 1 unspecified atom stereocenters. The van der Waals surface area contributed by atoms with E-state index in [1.54, 1.807) is 0 Å². The van der Waals surface area contributed by atoms with E-state index in [9.17, 15) is 10.1 Å². The van der Waals surface area contributed by atoms with Crippen LogP contribution in [0.5, 0.6) is 0 Å². The van der Waals surface area contributed by atoms with Gasteiger partial charge in [0, 0.05) is 18.2 Å². The minimum absolute atomic E-state index is 0.0991. The second-order valence-electron chi connectivity index (χ2n) is 5.41. The summed E-state index contributed by atoms with van der Waals surface area (Å²) in [5.41, 5.74) is 0.467. The molecule has 1 rings (SSSR count). The minimum Gasteiger partial charge on any atom is -0.380 e. The zero-order valence-electron chi connectivity index (χ0n) is 12.0. The Balaban J connectivity index is 2.70. The van der Waals surface area contributed by atoms with Gasteiger partial charge in [-0.2, -0.15) is 0 Å².